The Morgan fingerprint density at radius 3 is 1.54 bits per heavy atom. The van der Waals surface area contributed by atoms with E-state index in [0.717, 1.165) is 16.7 Å². The Morgan fingerprint density at radius 1 is 0.750 bits per heavy atom. The third-order valence-electron chi connectivity index (χ3n) is 4.87. The molecule has 0 unspecified atom stereocenters. The molecule has 0 radical (unpaired) electrons. The van der Waals surface area contributed by atoms with Crippen LogP contribution < -0.4 is 5.73 Å². The smallest absolute Gasteiger partial charge is 0.247 e. The largest absolute Gasteiger partial charge is 0.382 e. The van der Waals surface area contributed by atoms with Gasteiger partial charge in [0.25, 0.3) is 0 Å². The molecule has 0 saturated carbocycles. The summed E-state index contributed by atoms with van der Waals surface area (Å²) in [7, 11) is 0. The lowest BCUT2D eigenvalue weighted by molar-refractivity contribution is -0.130. The minimum atomic E-state index is -1.26. The van der Waals surface area contributed by atoms with Crippen LogP contribution in [0.1, 0.15) is 16.7 Å². The van der Waals surface area contributed by atoms with Gasteiger partial charge in [0, 0.05) is 19.1 Å². The predicted octanol–water partition coefficient (Wildman–Crippen LogP) is 3.15. The zero-order chi connectivity index (χ0) is 19.8. The Balaban J connectivity index is 1.92. The lowest BCUT2D eigenvalue weighted by Gasteiger charge is -2.34. The van der Waals surface area contributed by atoms with Crippen LogP contribution in [-0.4, -0.2) is 28.1 Å². The Bertz CT molecular complexity index is 812. The number of primary amides is 1. The molecule has 4 heteroatoms. The fourth-order valence-corrected chi connectivity index (χ4v) is 3.41. The van der Waals surface area contributed by atoms with E-state index in [2.05, 4.69) is 4.90 Å². The topological polar surface area (TPSA) is 66.6 Å². The highest BCUT2D eigenvalue weighted by Gasteiger charge is 2.30. The number of amides is 1. The first-order chi connectivity index (χ1) is 13.6. The van der Waals surface area contributed by atoms with Crippen LogP contribution in [0.4, 0.5) is 0 Å². The van der Waals surface area contributed by atoms with Gasteiger partial charge >= 0.3 is 0 Å². The van der Waals surface area contributed by atoms with Gasteiger partial charge in [-0.1, -0.05) is 91.0 Å². The van der Waals surface area contributed by atoms with E-state index in [1.54, 1.807) is 0 Å². The van der Waals surface area contributed by atoms with Gasteiger partial charge in [-0.3, -0.25) is 9.69 Å². The van der Waals surface area contributed by atoms with Crippen molar-refractivity contribution in [2.24, 2.45) is 5.73 Å². The summed E-state index contributed by atoms with van der Waals surface area (Å²) in [5, 5.41) is 10.7. The van der Waals surface area contributed by atoms with Crippen LogP contribution in [0.25, 0.3) is 0 Å². The second kappa shape index (κ2) is 9.83. The minimum Gasteiger partial charge on any atom is -0.382 e. The van der Waals surface area contributed by atoms with Gasteiger partial charge in [0.05, 0.1) is 0 Å². The molecule has 28 heavy (non-hydrogen) atoms. The summed E-state index contributed by atoms with van der Waals surface area (Å²) < 4.78 is 0. The molecule has 0 fully saturated rings. The number of carbonyl (C=O) groups excluding carboxylic acids is 1. The number of aliphatic hydroxyl groups excluding tert-OH is 1. The third kappa shape index (κ3) is 5.52. The molecule has 3 aromatic rings. The number of nitrogens with zero attached hydrogens (tertiary/aromatic N) is 1. The number of carbonyl (C=O) groups is 1. The number of rotatable bonds is 9. The lowest BCUT2D eigenvalue weighted by atomic mass is 9.97. The van der Waals surface area contributed by atoms with E-state index in [9.17, 15) is 9.90 Å². The first-order valence-electron chi connectivity index (χ1n) is 9.46. The highest BCUT2D eigenvalue weighted by atomic mass is 16.3. The number of hydrogen-bond donors (Lipinski definition) is 2. The van der Waals surface area contributed by atoms with E-state index in [1.807, 2.05) is 91.0 Å². The van der Waals surface area contributed by atoms with Gasteiger partial charge in [0.2, 0.25) is 5.91 Å². The molecule has 144 valence electrons. The molecular formula is C24H26N2O2. The summed E-state index contributed by atoms with van der Waals surface area (Å²) in [6, 6.07) is 29.6. The van der Waals surface area contributed by atoms with Gasteiger partial charge in [0.1, 0.15) is 6.10 Å². The normalized spacial score (nSPS) is 13.2. The van der Waals surface area contributed by atoms with Crippen molar-refractivity contribution >= 4 is 5.91 Å². The molecule has 4 nitrogen and oxygen atoms in total. The highest BCUT2D eigenvalue weighted by molar-refractivity contribution is 5.79. The standard InChI is InChI=1S/C24H26N2O2/c25-24(28)23(27)22(16-19-10-4-1-5-11-19)26(17-20-12-6-2-7-13-20)18-21-14-8-3-9-15-21/h1-15,22-23,27H,16-18H2,(H2,25,28)/t22-,23-/m0/s1. The van der Waals surface area contributed by atoms with Gasteiger partial charge < -0.3 is 10.8 Å². The molecule has 3 N–H and O–H groups in total. The van der Waals surface area contributed by atoms with Crippen molar-refractivity contribution in [3.05, 3.63) is 108 Å². The van der Waals surface area contributed by atoms with Crippen LogP contribution in [0.2, 0.25) is 0 Å². The van der Waals surface area contributed by atoms with Crippen LogP contribution in [0.3, 0.4) is 0 Å². The Labute approximate surface area is 166 Å². The monoisotopic (exact) mass is 374 g/mol. The van der Waals surface area contributed by atoms with Crippen molar-refractivity contribution < 1.29 is 9.90 Å². The molecule has 1 amide bonds. The van der Waals surface area contributed by atoms with E-state index in [4.69, 9.17) is 5.73 Å². The zero-order valence-electron chi connectivity index (χ0n) is 15.8. The third-order valence-corrected chi connectivity index (χ3v) is 4.87. The fourth-order valence-electron chi connectivity index (χ4n) is 3.41. The van der Waals surface area contributed by atoms with Gasteiger partial charge in [-0.25, -0.2) is 0 Å². The van der Waals surface area contributed by atoms with Crippen molar-refractivity contribution in [2.45, 2.75) is 31.7 Å². The van der Waals surface area contributed by atoms with Crippen molar-refractivity contribution in [2.75, 3.05) is 0 Å². The summed E-state index contributed by atoms with van der Waals surface area (Å²) >= 11 is 0. The molecule has 0 spiro atoms. The lowest BCUT2D eigenvalue weighted by Crippen LogP contribution is -2.50. The molecule has 0 aliphatic carbocycles. The molecule has 0 aliphatic rings. The molecule has 3 rings (SSSR count). The van der Waals surface area contributed by atoms with E-state index < -0.39 is 18.1 Å². The van der Waals surface area contributed by atoms with Crippen LogP contribution in [0.15, 0.2) is 91.0 Å². The number of nitrogens with two attached hydrogens (primary N) is 1. The van der Waals surface area contributed by atoms with Crippen LogP contribution in [0.5, 0.6) is 0 Å². The summed E-state index contributed by atoms with van der Waals surface area (Å²) in [5.41, 5.74) is 8.79. The first kappa shape index (κ1) is 19.8. The average Bonchev–Trinajstić information content (AvgIpc) is 2.73. The predicted molar refractivity (Wildman–Crippen MR) is 111 cm³/mol. The molecule has 3 aromatic carbocycles. The second-order valence-electron chi connectivity index (χ2n) is 6.98. The van der Waals surface area contributed by atoms with E-state index >= 15 is 0 Å². The number of aliphatic hydroxyl groups is 1. The molecule has 0 saturated heterocycles. The van der Waals surface area contributed by atoms with E-state index in [0.29, 0.717) is 19.5 Å². The molecular weight excluding hydrogens is 348 g/mol. The number of benzene rings is 3. The van der Waals surface area contributed by atoms with Gasteiger partial charge in [-0.2, -0.15) is 0 Å². The Kier molecular flexibility index (Phi) is 6.95. The summed E-state index contributed by atoms with van der Waals surface area (Å²) in [5.74, 6) is -0.702. The highest BCUT2D eigenvalue weighted by Crippen LogP contribution is 2.19. The summed E-state index contributed by atoms with van der Waals surface area (Å²) in [6.45, 7) is 1.22. The van der Waals surface area contributed by atoms with Gasteiger partial charge in [-0.15, -0.1) is 0 Å². The van der Waals surface area contributed by atoms with Gasteiger partial charge in [0.15, 0.2) is 0 Å². The van der Waals surface area contributed by atoms with Crippen molar-refractivity contribution in [1.82, 2.24) is 4.90 Å². The number of hydrogen-bond acceptors (Lipinski definition) is 3. The van der Waals surface area contributed by atoms with Gasteiger partial charge in [-0.05, 0) is 23.1 Å². The first-order valence-corrected chi connectivity index (χ1v) is 9.46. The zero-order valence-corrected chi connectivity index (χ0v) is 15.8. The quantitative estimate of drug-likeness (QED) is 0.605. The van der Waals surface area contributed by atoms with Crippen molar-refractivity contribution in [1.29, 1.82) is 0 Å². The van der Waals surface area contributed by atoms with Crippen LogP contribution in [0, 0.1) is 0 Å². The second-order valence-corrected chi connectivity index (χ2v) is 6.98. The molecule has 0 bridgehead atoms. The molecule has 0 aliphatic heterocycles. The molecule has 0 heterocycles. The fraction of sp³-hybridized carbons (Fsp3) is 0.208. The maximum absolute atomic E-state index is 11.9. The van der Waals surface area contributed by atoms with Crippen molar-refractivity contribution in [3.63, 3.8) is 0 Å². The summed E-state index contributed by atoms with van der Waals surface area (Å²) in [6.07, 6.45) is -0.724. The molecule has 0 aromatic heterocycles. The van der Waals surface area contributed by atoms with E-state index in [-0.39, 0.29) is 0 Å². The maximum atomic E-state index is 11.9. The van der Waals surface area contributed by atoms with Crippen LogP contribution in [-0.2, 0) is 24.3 Å². The average molecular weight is 374 g/mol. The van der Waals surface area contributed by atoms with Crippen LogP contribution >= 0.6 is 0 Å². The summed E-state index contributed by atoms with van der Waals surface area (Å²) in [4.78, 5) is 14.0. The Hall–Kier alpha value is -2.95. The SMILES string of the molecule is NC(=O)[C@@H](O)[C@H](Cc1ccccc1)N(Cc1ccccc1)Cc1ccccc1. The Morgan fingerprint density at radius 2 is 1.14 bits per heavy atom. The minimum absolute atomic E-state index is 0.430. The van der Waals surface area contributed by atoms with Crippen molar-refractivity contribution in [3.8, 4) is 0 Å². The maximum Gasteiger partial charge on any atom is 0.247 e. The molecule has 2 atom stereocenters. The van der Waals surface area contributed by atoms with E-state index in [1.165, 1.54) is 0 Å².